The van der Waals surface area contributed by atoms with Crippen molar-refractivity contribution in [1.29, 1.82) is 0 Å². The highest BCUT2D eigenvalue weighted by molar-refractivity contribution is 5.82. The fourth-order valence-corrected chi connectivity index (χ4v) is 2.21. The van der Waals surface area contributed by atoms with Crippen molar-refractivity contribution >= 4 is 29.0 Å². The summed E-state index contributed by atoms with van der Waals surface area (Å²) >= 11 is 0. The van der Waals surface area contributed by atoms with E-state index in [4.69, 9.17) is 0 Å². The van der Waals surface area contributed by atoms with E-state index in [9.17, 15) is 33.4 Å². The molecule has 0 atom stereocenters. The summed E-state index contributed by atoms with van der Waals surface area (Å²) in [5, 5.41) is 25.9. The molecule has 2 aromatic carbocycles. The van der Waals surface area contributed by atoms with Gasteiger partial charge >= 0.3 is 17.6 Å². The first-order valence-corrected chi connectivity index (χ1v) is 7.61. The van der Waals surface area contributed by atoms with Gasteiger partial charge in [-0.15, -0.1) is 0 Å². The Bertz CT molecular complexity index is 892. The molecule has 0 heterocycles. The fourth-order valence-electron chi connectivity index (χ4n) is 2.21. The van der Waals surface area contributed by atoms with E-state index < -0.39 is 38.6 Å². The molecule has 0 aromatic heterocycles. The monoisotopic (exact) mass is 397 g/mol. The summed E-state index contributed by atoms with van der Waals surface area (Å²) in [6.45, 7) is 0. The van der Waals surface area contributed by atoms with Crippen LogP contribution in [0.3, 0.4) is 0 Å². The van der Waals surface area contributed by atoms with Crippen LogP contribution >= 0.6 is 0 Å². The normalized spacial score (nSPS) is 11.5. The second-order valence-electron chi connectivity index (χ2n) is 5.76. The molecule has 2 aromatic rings. The van der Waals surface area contributed by atoms with Gasteiger partial charge in [-0.05, 0) is 17.7 Å². The summed E-state index contributed by atoms with van der Waals surface area (Å²) in [5.74, 6) is 0. The van der Waals surface area contributed by atoms with E-state index >= 15 is 0 Å². The van der Waals surface area contributed by atoms with Crippen LogP contribution < -0.4 is 10.3 Å². The van der Waals surface area contributed by atoms with Crippen LogP contribution in [0.15, 0.2) is 41.5 Å². The number of anilines is 2. The van der Waals surface area contributed by atoms with Crippen LogP contribution in [0.25, 0.3) is 0 Å². The van der Waals surface area contributed by atoms with Gasteiger partial charge in [0.15, 0.2) is 0 Å². The molecule has 0 saturated heterocycles. The van der Waals surface area contributed by atoms with Gasteiger partial charge in [-0.25, -0.2) is 0 Å². The number of benzene rings is 2. The molecule has 12 heteroatoms. The predicted octanol–water partition coefficient (Wildman–Crippen LogP) is 4.03. The topological polar surface area (TPSA) is 114 Å². The van der Waals surface area contributed by atoms with Crippen LogP contribution in [-0.4, -0.2) is 30.2 Å². The van der Waals surface area contributed by atoms with E-state index in [1.165, 1.54) is 6.21 Å². The van der Waals surface area contributed by atoms with Crippen molar-refractivity contribution in [1.82, 2.24) is 0 Å². The van der Waals surface area contributed by atoms with Crippen LogP contribution in [0.5, 0.6) is 0 Å². The molecule has 28 heavy (non-hydrogen) atoms. The summed E-state index contributed by atoms with van der Waals surface area (Å²) < 4.78 is 38.6. The molecule has 0 aliphatic carbocycles. The summed E-state index contributed by atoms with van der Waals surface area (Å²) in [5.41, 5.74) is -0.881. The standard InChI is InChI=1S/C16H14F3N5O4/c1-22(2)12-5-3-10(4-6-12)9-20-21-15-13(23(25)26)7-11(16(17,18)19)8-14(15)24(27)28/h3-9,21H,1-2H3. The van der Waals surface area contributed by atoms with Crippen LogP contribution in [-0.2, 0) is 6.18 Å². The van der Waals surface area contributed by atoms with E-state index in [0.717, 1.165) is 5.69 Å². The number of hydrogen-bond donors (Lipinski definition) is 1. The zero-order valence-corrected chi connectivity index (χ0v) is 14.6. The summed E-state index contributed by atoms with van der Waals surface area (Å²) in [6, 6.07) is 7.33. The molecule has 148 valence electrons. The maximum absolute atomic E-state index is 12.9. The van der Waals surface area contributed by atoms with Crippen molar-refractivity contribution in [2.24, 2.45) is 5.10 Å². The quantitative estimate of drug-likeness (QED) is 0.447. The largest absolute Gasteiger partial charge is 0.416 e. The fraction of sp³-hybridized carbons (Fsp3) is 0.188. The minimum Gasteiger partial charge on any atom is -0.378 e. The van der Waals surface area contributed by atoms with Gasteiger partial charge in [0, 0.05) is 31.9 Å². The Hall–Kier alpha value is -3.70. The van der Waals surface area contributed by atoms with Gasteiger partial charge in [0.1, 0.15) is 0 Å². The maximum atomic E-state index is 12.9. The average Bonchev–Trinajstić information content (AvgIpc) is 2.60. The molecule has 0 spiro atoms. The molecule has 0 saturated carbocycles. The highest BCUT2D eigenvalue weighted by atomic mass is 19.4. The molecule has 2 rings (SSSR count). The summed E-state index contributed by atoms with van der Waals surface area (Å²) in [6.07, 6.45) is -3.75. The van der Waals surface area contributed by atoms with E-state index in [-0.39, 0.29) is 12.1 Å². The van der Waals surface area contributed by atoms with Crippen molar-refractivity contribution in [3.63, 3.8) is 0 Å². The average molecular weight is 397 g/mol. The third-order valence-corrected chi connectivity index (χ3v) is 3.62. The second-order valence-corrected chi connectivity index (χ2v) is 5.76. The Morgan fingerprint density at radius 1 is 1.04 bits per heavy atom. The molecule has 9 nitrogen and oxygen atoms in total. The number of hydrazone groups is 1. The molecule has 0 aliphatic heterocycles. The first kappa shape index (κ1) is 20.6. The maximum Gasteiger partial charge on any atom is 0.416 e. The zero-order chi connectivity index (χ0) is 21.1. The molecule has 0 aliphatic rings. The number of nitro benzene ring substituents is 2. The zero-order valence-electron chi connectivity index (χ0n) is 14.6. The molecule has 1 N–H and O–H groups in total. The van der Waals surface area contributed by atoms with Gasteiger partial charge in [-0.2, -0.15) is 18.3 Å². The number of hydrogen-bond acceptors (Lipinski definition) is 7. The van der Waals surface area contributed by atoms with Gasteiger partial charge in [0.05, 0.1) is 21.6 Å². The van der Waals surface area contributed by atoms with Crippen LogP contribution in [0, 0.1) is 20.2 Å². The molecular formula is C16H14F3N5O4. The minimum atomic E-state index is -4.98. The van der Waals surface area contributed by atoms with Crippen molar-refractivity contribution in [2.45, 2.75) is 6.18 Å². The van der Waals surface area contributed by atoms with E-state index in [1.807, 2.05) is 19.0 Å². The first-order valence-electron chi connectivity index (χ1n) is 7.61. The van der Waals surface area contributed by atoms with E-state index in [1.54, 1.807) is 24.3 Å². The SMILES string of the molecule is CN(C)c1ccc(C=NNc2c([N+](=O)[O-])cc(C(F)(F)F)cc2[N+](=O)[O-])cc1. The Morgan fingerprint density at radius 2 is 1.54 bits per heavy atom. The highest BCUT2D eigenvalue weighted by Gasteiger charge is 2.37. The van der Waals surface area contributed by atoms with Gasteiger partial charge in [-0.1, -0.05) is 12.1 Å². The number of rotatable bonds is 6. The third kappa shape index (κ3) is 4.72. The Balaban J connectivity index is 2.40. The molecule has 0 amide bonds. The molecule has 0 unspecified atom stereocenters. The second kappa shape index (κ2) is 7.90. The molecular weight excluding hydrogens is 383 g/mol. The summed E-state index contributed by atoms with van der Waals surface area (Å²) in [4.78, 5) is 21.8. The lowest BCUT2D eigenvalue weighted by atomic mass is 10.1. The smallest absolute Gasteiger partial charge is 0.378 e. The van der Waals surface area contributed by atoms with Gasteiger partial charge in [0.25, 0.3) is 0 Å². The number of alkyl halides is 3. The lowest BCUT2D eigenvalue weighted by Crippen LogP contribution is -2.09. The van der Waals surface area contributed by atoms with Crippen LogP contribution in [0.2, 0.25) is 0 Å². The highest BCUT2D eigenvalue weighted by Crippen LogP contribution is 2.41. The van der Waals surface area contributed by atoms with Gasteiger partial charge in [0.2, 0.25) is 5.69 Å². The summed E-state index contributed by atoms with van der Waals surface area (Å²) in [7, 11) is 3.68. The lowest BCUT2D eigenvalue weighted by molar-refractivity contribution is -0.392. The predicted molar refractivity (Wildman–Crippen MR) is 96.7 cm³/mol. The Morgan fingerprint density at radius 3 is 1.93 bits per heavy atom. The van der Waals surface area contributed by atoms with Crippen LogP contribution in [0.4, 0.5) is 35.9 Å². The number of nitro groups is 2. The molecule has 0 radical (unpaired) electrons. The molecule has 0 fully saturated rings. The van der Waals surface area contributed by atoms with Crippen molar-refractivity contribution in [2.75, 3.05) is 24.4 Å². The van der Waals surface area contributed by atoms with Gasteiger partial charge < -0.3 is 4.90 Å². The molecule has 0 bridgehead atoms. The van der Waals surface area contributed by atoms with E-state index in [2.05, 4.69) is 10.5 Å². The van der Waals surface area contributed by atoms with Crippen LogP contribution in [0.1, 0.15) is 11.1 Å². The first-order chi connectivity index (χ1) is 13.0. The van der Waals surface area contributed by atoms with Crippen molar-refractivity contribution < 1.29 is 23.0 Å². The number of nitrogens with one attached hydrogen (secondary N) is 1. The van der Waals surface area contributed by atoms with Gasteiger partial charge in [-0.3, -0.25) is 25.7 Å². The third-order valence-electron chi connectivity index (χ3n) is 3.62. The van der Waals surface area contributed by atoms with Crippen molar-refractivity contribution in [3.05, 3.63) is 67.8 Å². The Kier molecular flexibility index (Phi) is 5.81. The van der Waals surface area contributed by atoms with Crippen molar-refractivity contribution in [3.8, 4) is 0 Å². The van der Waals surface area contributed by atoms with E-state index in [0.29, 0.717) is 5.56 Å². The minimum absolute atomic E-state index is 0.219. The lowest BCUT2D eigenvalue weighted by Gasteiger charge is -2.11. The Labute approximate surface area is 156 Å². The number of nitrogens with zero attached hydrogens (tertiary/aromatic N) is 4. The number of halogens is 3.